The summed E-state index contributed by atoms with van der Waals surface area (Å²) in [4.78, 5) is 0. The van der Waals surface area contributed by atoms with Crippen LogP contribution in [0.4, 0.5) is 0 Å². The van der Waals surface area contributed by atoms with Crippen LogP contribution in [0.25, 0.3) is 5.57 Å². The lowest BCUT2D eigenvalue weighted by Crippen LogP contribution is -2.37. The normalized spacial score (nSPS) is 21.2. The van der Waals surface area contributed by atoms with Crippen LogP contribution in [0.15, 0.2) is 30.3 Å². The predicted molar refractivity (Wildman–Crippen MR) is 77.7 cm³/mol. The van der Waals surface area contributed by atoms with Gasteiger partial charge < -0.3 is 5.32 Å². The van der Waals surface area contributed by atoms with Crippen molar-refractivity contribution in [1.82, 2.24) is 5.32 Å². The van der Waals surface area contributed by atoms with E-state index in [-0.39, 0.29) is 5.54 Å². The molecule has 96 valence electrons. The molecule has 0 aromatic heterocycles. The summed E-state index contributed by atoms with van der Waals surface area (Å²) in [7, 11) is 2.06. The molecule has 1 aromatic rings. The fourth-order valence-electron chi connectivity index (χ4n) is 3.66. The van der Waals surface area contributed by atoms with Gasteiger partial charge in [0.05, 0.1) is 0 Å². The number of benzene rings is 1. The van der Waals surface area contributed by atoms with E-state index in [1.807, 2.05) is 0 Å². The molecule has 1 fully saturated rings. The summed E-state index contributed by atoms with van der Waals surface area (Å²) in [6.07, 6.45) is 7.97. The molecule has 1 aromatic carbocycles. The molecule has 0 aliphatic heterocycles. The van der Waals surface area contributed by atoms with Crippen molar-refractivity contribution in [2.45, 2.75) is 50.5 Å². The lowest BCUT2D eigenvalue weighted by Gasteiger charge is -2.26. The van der Waals surface area contributed by atoms with Gasteiger partial charge in [0.25, 0.3) is 0 Å². The van der Waals surface area contributed by atoms with Crippen molar-refractivity contribution in [3.05, 3.63) is 41.5 Å². The van der Waals surface area contributed by atoms with Gasteiger partial charge in [-0.1, -0.05) is 43.2 Å². The molecule has 1 heteroatoms. The van der Waals surface area contributed by atoms with E-state index in [9.17, 15) is 0 Å². The Bertz CT molecular complexity index is 490. The lowest BCUT2D eigenvalue weighted by atomic mass is 9.81. The molecule has 0 saturated heterocycles. The fourth-order valence-corrected chi connectivity index (χ4v) is 3.66. The average Bonchev–Trinajstić information content (AvgIpc) is 2.98. The summed E-state index contributed by atoms with van der Waals surface area (Å²) < 4.78 is 0. The molecule has 0 atom stereocenters. The van der Waals surface area contributed by atoms with Gasteiger partial charge >= 0.3 is 0 Å². The molecule has 0 radical (unpaired) electrons. The molecule has 1 spiro atoms. The third-order valence-corrected chi connectivity index (χ3v) is 4.97. The van der Waals surface area contributed by atoms with E-state index in [0.29, 0.717) is 5.41 Å². The largest absolute Gasteiger partial charge is 0.311 e. The van der Waals surface area contributed by atoms with Gasteiger partial charge in [0.2, 0.25) is 0 Å². The fraction of sp³-hybridized carbons (Fsp3) is 0.529. The first-order chi connectivity index (χ1) is 8.59. The van der Waals surface area contributed by atoms with Crippen LogP contribution >= 0.6 is 0 Å². The van der Waals surface area contributed by atoms with Gasteiger partial charge in [-0.15, -0.1) is 0 Å². The van der Waals surface area contributed by atoms with E-state index in [1.165, 1.54) is 36.8 Å². The average molecular weight is 241 g/mol. The topological polar surface area (TPSA) is 12.0 Å². The highest BCUT2D eigenvalue weighted by Gasteiger charge is 2.42. The van der Waals surface area contributed by atoms with Crippen LogP contribution in [0.3, 0.4) is 0 Å². The number of hydrogen-bond donors (Lipinski definition) is 1. The van der Waals surface area contributed by atoms with E-state index in [2.05, 4.69) is 56.6 Å². The van der Waals surface area contributed by atoms with Crippen molar-refractivity contribution >= 4 is 5.57 Å². The van der Waals surface area contributed by atoms with Gasteiger partial charge in [-0.05, 0) is 50.4 Å². The Hall–Kier alpha value is -1.08. The van der Waals surface area contributed by atoms with Gasteiger partial charge in [-0.25, -0.2) is 0 Å². The SMILES string of the molecule is CNC(C)(C)C1=CC2(CCCC2)c2ccccc21. The van der Waals surface area contributed by atoms with Crippen molar-refractivity contribution in [2.75, 3.05) is 7.05 Å². The van der Waals surface area contributed by atoms with Crippen molar-refractivity contribution in [2.24, 2.45) is 0 Å². The first-order valence-corrected chi connectivity index (χ1v) is 7.11. The van der Waals surface area contributed by atoms with Crippen LogP contribution < -0.4 is 5.32 Å². The van der Waals surface area contributed by atoms with Crippen molar-refractivity contribution in [1.29, 1.82) is 0 Å². The summed E-state index contributed by atoms with van der Waals surface area (Å²) in [5.41, 5.74) is 4.93. The highest BCUT2D eigenvalue weighted by atomic mass is 14.9. The van der Waals surface area contributed by atoms with Crippen LogP contribution in [0, 0.1) is 0 Å². The Kier molecular flexibility index (Phi) is 2.63. The molecule has 2 aliphatic carbocycles. The number of likely N-dealkylation sites (N-methyl/N-ethyl adjacent to an activating group) is 1. The van der Waals surface area contributed by atoms with Gasteiger partial charge in [0.1, 0.15) is 0 Å². The molecule has 0 bridgehead atoms. The lowest BCUT2D eigenvalue weighted by molar-refractivity contribution is 0.538. The monoisotopic (exact) mass is 241 g/mol. The van der Waals surface area contributed by atoms with Crippen LogP contribution in [-0.4, -0.2) is 12.6 Å². The van der Waals surface area contributed by atoms with Crippen LogP contribution in [0.5, 0.6) is 0 Å². The number of fused-ring (bicyclic) bond motifs is 2. The highest BCUT2D eigenvalue weighted by Crippen LogP contribution is 2.52. The van der Waals surface area contributed by atoms with E-state index in [0.717, 1.165) is 0 Å². The van der Waals surface area contributed by atoms with Crippen molar-refractivity contribution < 1.29 is 0 Å². The Balaban J connectivity index is 2.16. The first kappa shape index (κ1) is 12.0. The standard InChI is InChI=1S/C17H23N/c1-16(2,18-3)15-12-17(10-6-7-11-17)14-9-5-4-8-13(14)15/h4-5,8-9,12,18H,6-7,10-11H2,1-3H3. The molecular weight excluding hydrogens is 218 g/mol. The Morgan fingerprint density at radius 2 is 1.78 bits per heavy atom. The molecule has 0 unspecified atom stereocenters. The Morgan fingerprint density at radius 3 is 2.44 bits per heavy atom. The smallest absolute Gasteiger partial charge is 0.0378 e. The molecule has 0 amide bonds. The predicted octanol–water partition coefficient (Wildman–Crippen LogP) is 3.89. The maximum Gasteiger partial charge on any atom is 0.0378 e. The Labute approximate surface area is 110 Å². The van der Waals surface area contributed by atoms with E-state index in [4.69, 9.17) is 0 Å². The zero-order chi connectivity index (χ0) is 12.8. The van der Waals surface area contributed by atoms with Crippen molar-refractivity contribution in [3.63, 3.8) is 0 Å². The third-order valence-electron chi connectivity index (χ3n) is 4.97. The maximum absolute atomic E-state index is 3.46. The first-order valence-electron chi connectivity index (χ1n) is 7.11. The van der Waals surface area contributed by atoms with Gasteiger partial charge in [0, 0.05) is 11.0 Å². The molecule has 1 saturated carbocycles. The molecular formula is C17H23N. The van der Waals surface area contributed by atoms with Crippen LogP contribution in [0.1, 0.15) is 50.7 Å². The van der Waals surface area contributed by atoms with Gasteiger partial charge in [0.15, 0.2) is 0 Å². The summed E-state index contributed by atoms with van der Waals surface area (Å²) in [6, 6.07) is 9.01. The highest BCUT2D eigenvalue weighted by molar-refractivity contribution is 5.81. The number of allylic oxidation sites excluding steroid dienone is 1. The van der Waals surface area contributed by atoms with E-state index >= 15 is 0 Å². The summed E-state index contributed by atoms with van der Waals surface area (Å²) in [5, 5.41) is 3.46. The zero-order valence-electron chi connectivity index (χ0n) is 11.7. The minimum absolute atomic E-state index is 0.0577. The van der Waals surface area contributed by atoms with E-state index < -0.39 is 0 Å². The Morgan fingerprint density at radius 1 is 1.11 bits per heavy atom. The number of hydrogen-bond acceptors (Lipinski definition) is 1. The molecule has 18 heavy (non-hydrogen) atoms. The minimum Gasteiger partial charge on any atom is -0.311 e. The van der Waals surface area contributed by atoms with Crippen LogP contribution in [-0.2, 0) is 5.41 Å². The quantitative estimate of drug-likeness (QED) is 0.828. The zero-order valence-corrected chi connectivity index (χ0v) is 11.7. The molecule has 1 N–H and O–H groups in total. The second-order valence-corrected chi connectivity index (χ2v) is 6.34. The van der Waals surface area contributed by atoms with Gasteiger partial charge in [-0.2, -0.15) is 0 Å². The number of rotatable bonds is 2. The maximum atomic E-state index is 3.46. The molecule has 0 heterocycles. The second kappa shape index (κ2) is 3.96. The third kappa shape index (κ3) is 1.57. The summed E-state index contributed by atoms with van der Waals surface area (Å²) in [6.45, 7) is 4.56. The summed E-state index contributed by atoms with van der Waals surface area (Å²) in [5.74, 6) is 0. The molecule has 2 aliphatic rings. The molecule has 3 rings (SSSR count). The van der Waals surface area contributed by atoms with Crippen LogP contribution in [0.2, 0.25) is 0 Å². The van der Waals surface area contributed by atoms with Gasteiger partial charge in [-0.3, -0.25) is 0 Å². The van der Waals surface area contributed by atoms with Crippen molar-refractivity contribution in [3.8, 4) is 0 Å². The van der Waals surface area contributed by atoms with E-state index in [1.54, 1.807) is 5.56 Å². The number of nitrogens with one attached hydrogen (secondary N) is 1. The second-order valence-electron chi connectivity index (χ2n) is 6.34. The minimum atomic E-state index is 0.0577. The summed E-state index contributed by atoms with van der Waals surface area (Å²) >= 11 is 0. The molecule has 1 nitrogen and oxygen atoms in total.